The normalized spacial score (nSPS) is 10.5. The zero-order chi connectivity index (χ0) is 7.84. The maximum atomic E-state index is 11.1. The SMILES string of the molecule is O=c1c2ccccc2[se]n1O. The van der Waals surface area contributed by atoms with Crippen molar-refractivity contribution in [3.05, 3.63) is 34.6 Å². The average molecular weight is 214 g/mol. The van der Waals surface area contributed by atoms with Gasteiger partial charge in [-0.1, -0.05) is 0 Å². The molecule has 2 aromatic rings. The molecule has 2 rings (SSSR count). The minimum absolute atomic E-state index is 0.228. The van der Waals surface area contributed by atoms with Crippen molar-refractivity contribution in [3.63, 3.8) is 0 Å². The van der Waals surface area contributed by atoms with Crippen LogP contribution in [0.15, 0.2) is 29.1 Å². The van der Waals surface area contributed by atoms with E-state index in [0.717, 1.165) is 7.99 Å². The molecule has 0 fully saturated rings. The van der Waals surface area contributed by atoms with Crippen molar-refractivity contribution < 1.29 is 5.21 Å². The van der Waals surface area contributed by atoms with E-state index in [1.807, 2.05) is 12.1 Å². The van der Waals surface area contributed by atoms with Crippen LogP contribution >= 0.6 is 0 Å². The molecular weight excluding hydrogens is 209 g/mol. The third-order valence-corrected chi connectivity index (χ3v) is 3.35. The summed E-state index contributed by atoms with van der Waals surface area (Å²) >= 11 is -0.228. The molecule has 0 bridgehead atoms. The van der Waals surface area contributed by atoms with Gasteiger partial charge in [-0.05, 0) is 0 Å². The van der Waals surface area contributed by atoms with E-state index in [1.165, 1.54) is 0 Å². The molecule has 0 aliphatic heterocycles. The van der Waals surface area contributed by atoms with E-state index in [-0.39, 0.29) is 20.3 Å². The Hall–Kier alpha value is -0.991. The molecule has 56 valence electrons. The van der Waals surface area contributed by atoms with Gasteiger partial charge in [-0.25, -0.2) is 0 Å². The first-order valence-electron chi connectivity index (χ1n) is 3.09. The molecule has 0 spiro atoms. The summed E-state index contributed by atoms with van der Waals surface area (Å²) in [7, 11) is 0. The van der Waals surface area contributed by atoms with Crippen molar-refractivity contribution in [3.8, 4) is 0 Å². The standard InChI is InChI=1S/C7H5NO2Se/c9-7-5-3-1-2-4-6(5)11-8(7)10/h1-4,10H. The zero-order valence-corrected chi connectivity index (χ0v) is 7.23. The fourth-order valence-corrected chi connectivity index (χ4v) is 2.56. The Morgan fingerprint density at radius 1 is 1.36 bits per heavy atom. The van der Waals surface area contributed by atoms with Gasteiger partial charge in [-0.2, -0.15) is 0 Å². The molecule has 1 aromatic heterocycles. The zero-order valence-electron chi connectivity index (χ0n) is 5.52. The third kappa shape index (κ3) is 0.914. The van der Waals surface area contributed by atoms with Crippen LogP contribution in [0.2, 0.25) is 0 Å². The van der Waals surface area contributed by atoms with Gasteiger partial charge in [0.2, 0.25) is 0 Å². The molecule has 0 radical (unpaired) electrons. The Labute approximate surface area is 68.4 Å². The van der Waals surface area contributed by atoms with Crippen LogP contribution < -0.4 is 5.56 Å². The van der Waals surface area contributed by atoms with Crippen molar-refractivity contribution in [1.29, 1.82) is 0 Å². The number of rotatable bonds is 0. The van der Waals surface area contributed by atoms with Gasteiger partial charge < -0.3 is 0 Å². The van der Waals surface area contributed by atoms with E-state index in [0.29, 0.717) is 5.39 Å². The topological polar surface area (TPSA) is 42.2 Å². The first-order chi connectivity index (χ1) is 5.29. The quantitative estimate of drug-likeness (QED) is 0.506. The van der Waals surface area contributed by atoms with Gasteiger partial charge in [0.15, 0.2) is 0 Å². The molecule has 0 aliphatic carbocycles. The van der Waals surface area contributed by atoms with E-state index in [4.69, 9.17) is 5.21 Å². The number of aromatic nitrogens is 1. The summed E-state index contributed by atoms with van der Waals surface area (Å²) < 4.78 is 1.74. The van der Waals surface area contributed by atoms with Crippen LogP contribution in [0.4, 0.5) is 0 Å². The summed E-state index contributed by atoms with van der Waals surface area (Å²) in [5.41, 5.74) is -0.277. The second-order valence-electron chi connectivity index (χ2n) is 2.17. The molecule has 11 heavy (non-hydrogen) atoms. The van der Waals surface area contributed by atoms with Gasteiger partial charge in [-0.3, -0.25) is 0 Å². The molecular formula is C7H5NO2Se. The van der Waals surface area contributed by atoms with Crippen LogP contribution in [0.5, 0.6) is 0 Å². The summed E-state index contributed by atoms with van der Waals surface area (Å²) in [4.78, 5) is 11.1. The summed E-state index contributed by atoms with van der Waals surface area (Å²) in [6, 6.07) is 7.26. The first-order valence-corrected chi connectivity index (χ1v) is 4.71. The molecule has 0 unspecified atom stereocenters. The molecule has 4 heteroatoms. The van der Waals surface area contributed by atoms with E-state index in [1.54, 1.807) is 12.1 Å². The molecule has 0 amide bonds. The summed E-state index contributed by atoms with van der Waals surface area (Å²) in [6.07, 6.45) is 0. The minimum atomic E-state index is -0.277. The van der Waals surface area contributed by atoms with Gasteiger partial charge in [0.25, 0.3) is 0 Å². The number of hydrogen-bond donors (Lipinski definition) is 1. The van der Waals surface area contributed by atoms with E-state index in [2.05, 4.69) is 0 Å². The van der Waals surface area contributed by atoms with Crippen LogP contribution in [0, 0.1) is 0 Å². The molecule has 1 heterocycles. The van der Waals surface area contributed by atoms with E-state index < -0.39 is 0 Å². The van der Waals surface area contributed by atoms with Gasteiger partial charge in [0.05, 0.1) is 0 Å². The molecule has 0 saturated heterocycles. The first kappa shape index (κ1) is 6.70. The Morgan fingerprint density at radius 2 is 2.09 bits per heavy atom. The van der Waals surface area contributed by atoms with Crippen molar-refractivity contribution in [2.45, 2.75) is 0 Å². The molecule has 0 aliphatic rings. The number of benzene rings is 1. The number of fused-ring (bicyclic) bond motifs is 1. The predicted molar refractivity (Wildman–Crippen MR) is 42.3 cm³/mol. The molecule has 3 nitrogen and oxygen atoms in total. The monoisotopic (exact) mass is 215 g/mol. The fourth-order valence-electron chi connectivity index (χ4n) is 0.961. The molecule has 1 N–H and O–H groups in total. The Morgan fingerprint density at radius 3 is 2.82 bits per heavy atom. The number of hydrogen-bond acceptors (Lipinski definition) is 2. The van der Waals surface area contributed by atoms with Gasteiger partial charge in [0.1, 0.15) is 0 Å². The molecule has 1 aromatic carbocycles. The molecule has 0 saturated carbocycles. The Kier molecular flexibility index (Phi) is 1.37. The second-order valence-corrected chi connectivity index (χ2v) is 4.20. The Balaban J connectivity index is 3.04. The van der Waals surface area contributed by atoms with Gasteiger partial charge in [-0.15, -0.1) is 0 Å². The third-order valence-electron chi connectivity index (χ3n) is 1.48. The molecule has 0 atom stereocenters. The maximum absolute atomic E-state index is 11.1. The van der Waals surface area contributed by atoms with E-state index >= 15 is 0 Å². The van der Waals surface area contributed by atoms with Crippen molar-refractivity contribution in [2.24, 2.45) is 0 Å². The summed E-state index contributed by atoms with van der Waals surface area (Å²) in [6.45, 7) is 0. The van der Waals surface area contributed by atoms with Crippen LogP contribution in [-0.2, 0) is 0 Å². The summed E-state index contributed by atoms with van der Waals surface area (Å²) in [5.74, 6) is 0. The van der Waals surface area contributed by atoms with Crippen LogP contribution in [-0.4, -0.2) is 23.7 Å². The van der Waals surface area contributed by atoms with Crippen LogP contribution in [0.1, 0.15) is 0 Å². The van der Waals surface area contributed by atoms with Crippen molar-refractivity contribution in [2.75, 3.05) is 0 Å². The number of nitrogens with zero attached hydrogens (tertiary/aromatic N) is 1. The Bertz CT molecular complexity index is 443. The second kappa shape index (κ2) is 2.26. The predicted octanol–water partition coefficient (Wildman–Crippen LogP) is 0.296. The summed E-state index contributed by atoms with van der Waals surface area (Å²) in [5, 5.41) is 9.66. The van der Waals surface area contributed by atoms with E-state index in [9.17, 15) is 4.79 Å². The fraction of sp³-hybridized carbons (Fsp3) is 0. The van der Waals surface area contributed by atoms with Gasteiger partial charge >= 0.3 is 67.9 Å². The van der Waals surface area contributed by atoms with Crippen molar-refractivity contribution >= 4 is 24.4 Å². The van der Waals surface area contributed by atoms with Gasteiger partial charge in [0, 0.05) is 0 Å². The van der Waals surface area contributed by atoms with Crippen molar-refractivity contribution in [1.82, 2.24) is 3.73 Å². The van der Waals surface area contributed by atoms with Crippen LogP contribution in [0.3, 0.4) is 0 Å². The average Bonchev–Trinajstić information content (AvgIpc) is 2.30. The van der Waals surface area contributed by atoms with Crippen LogP contribution in [0.25, 0.3) is 9.65 Å².